The van der Waals surface area contributed by atoms with Crippen molar-refractivity contribution in [1.29, 1.82) is 0 Å². The molecule has 1 fully saturated rings. The molecule has 2 aromatic carbocycles. The first-order chi connectivity index (χ1) is 15.2. The van der Waals surface area contributed by atoms with E-state index in [4.69, 9.17) is 48.6 Å². The molecule has 172 valence electrons. The van der Waals surface area contributed by atoms with Crippen LogP contribution in [0.2, 0.25) is 15.1 Å². The van der Waals surface area contributed by atoms with Gasteiger partial charge in [-0.3, -0.25) is 13.4 Å². The summed E-state index contributed by atoms with van der Waals surface area (Å²) >= 11 is 18.5. The van der Waals surface area contributed by atoms with Gasteiger partial charge in [0.25, 0.3) is 0 Å². The minimum Gasteiger partial charge on any atom is -0.497 e. The van der Waals surface area contributed by atoms with Gasteiger partial charge in [0.05, 0.1) is 40.4 Å². The summed E-state index contributed by atoms with van der Waals surface area (Å²) in [5, 5.41) is 1.90. The second-order valence-corrected chi connectivity index (χ2v) is 10.9. The van der Waals surface area contributed by atoms with Gasteiger partial charge in [-0.15, -0.1) is 0 Å². The van der Waals surface area contributed by atoms with Crippen molar-refractivity contribution in [3.63, 3.8) is 0 Å². The predicted molar refractivity (Wildman–Crippen MR) is 130 cm³/mol. The van der Waals surface area contributed by atoms with E-state index in [1.54, 1.807) is 23.6 Å². The van der Waals surface area contributed by atoms with E-state index in [-0.39, 0.29) is 11.6 Å². The maximum atomic E-state index is 14.0. The molecule has 2 atom stereocenters. The summed E-state index contributed by atoms with van der Waals surface area (Å²) in [4.78, 5) is 2.10. The number of nitrogens with zero attached hydrogens (tertiary/aromatic N) is 2. The van der Waals surface area contributed by atoms with Gasteiger partial charge in [0, 0.05) is 30.6 Å². The molecule has 0 N–H and O–H groups in total. The molecule has 32 heavy (non-hydrogen) atoms. The smallest absolute Gasteiger partial charge is 0.439 e. The zero-order valence-electron chi connectivity index (χ0n) is 18.0. The summed E-state index contributed by atoms with van der Waals surface area (Å²) < 4.78 is 32.9. The van der Waals surface area contributed by atoms with E-state index in [1.165, 1.54) is 0 Å². The van der Waals surface area contributed by atoms with Crippen molar-refractivity contribution >= 4 is 53.5 Å². The molecule has 1 saturated heterocycles. The van der Waals surface area contributed by atoms with Crippen LogP contribution in [0.3, 0.4) is 0 Å². The zero-order valence-corrected chi connectivity index (χ0v) is 21.1. The second kappa shape index (κ2) is 9.55. The number of ether oxygens (including phenoxy) is 1. The van der Waals surface area contributed by atoms with E-state index < -0.39 is 13.9 Å². The van der Waals surface area contributed by atoms with Crippen LogP contribution in [-0.4, -0.2) is 43.6 Å². The monoisotopic (exact) mass is 516 g/mol. The van der Waals surface area contributed by atoms with Gasteiger partial charge in [-0.25, -0.2) is 4.57 Å². The highest BCUT2D eigenvalue weighted by molar-refractivity contribution is 7.52. The fourth-order valence-electron chi connectivity index (χ4n) is 3.75. The summed E-state index contributed by atoms with van der Waals surface area (Å²) in [5.74, 6) is 0.660. The van der Waals surface area contributed by atoms with Crippen LogP contribution in [0.15, 0.2) is 36.5 Å². The molecule has 1 aliphatic rings. The number of hydrogen-bond acceptors (Lipinski definition) is 5. The van der Waals surface area contributed by atoms with Crippen LogP contribution < -0.4 is 4.74 Å². The van der Waals surface area contributed by atoms with Crippen molar-refractivity contribution in [3.8, 4) is 5.75 Å². The van der Waals surface area contributed by atoms with Crippen LogP contribution in [0, 0.1) is 0 Å². The lowest BCUT2D eigenvalue weighted by atomic mass is 10.1. The molecular formula is C22H24Cl3N2O4P. The lowest BCUT2D eigenvalue weighted by molar-refractivity contribution is 0.0771. The van der Waals surface area contributed by atoms with Gasteiger partial charge in [-0.2, -0.15) is 0 Å². The Morgan fingerprint density at radius 2 is 1.91 bits per heavy atom. The number of hydrogen-bond donors (Lipinski definition) is 0. The first-order valence-corrected chi connectivity index (χ1v) is 12.8. The molecule has 2 unspecified atom stereocenters. The van der Waals surface area contributed by atoms with Gasteiger partial charge in [0.1, 0.15) is 5.75 Å². The summed E-state index contributed by atoms with van der Waals surface area (Å²) in [5.41, 5.74) is 2.49. The lowest BCUT2D eigenvalue weighted by Crippen LogP contribution is -2.17. The van der Waals surface area contributed by atoms with E-state index in [0.29, 0.717) is 27.8 Å². The largest absolute Gasteiger partial charge is 0.497 e. The van der Waals surface area contributed by atoms with E-state index in [1.807, 2.05) is 38.5 Å². The minimum atomic E-state index is -3.70. The predicted octanol–water partition coefficient (Wildman–Crippen LogP) is 6.85. The summed E-state index contributed by atoms with van der Waals surface area (Å²) in [6.07, 6.45) is 2.65. The van der Waals surface area contributed by atoms with Gasteiger partial charge in [-0.1, -0.05) is 34.8 Å². The Labute approximate surface area is 202 Å². The molecule has 0 saturated carbocycles. The zero-order chi connectivity index (χ0) is 23.0. The Morgan fingerprint density at radius 3 is 2.56 bits per heavy atom. The first kappa shape index (κ1) is 23.9. The van der Waals surface area contributed by atoms with Gasteiger partial charge in [0.15, 0.2) is 0 Å². The van der Waals surface area contributed by atoms with Crippen LogP contribution in [0.25, 0.3) is 10.9 Å². The van der Waals surface area contributed by atoms with Gasteiger partial charge in [0.2, 0.25) is 0 Å². The van der Waals surface area contributed by atoms with E-state index in [0.717, 1.165) is 29.4 Å². The van der Waals surface area contributed by atoms with Crippen LogP contribution in [0.4, 0.5) is 0 Å². The second-order valence-electron chi connectivity index (χ2n) is 7.92. The molecule has 2 heterocycles. The molecule has 0 amide bonds. The normalized spacial score (nSPS) is 21.4. The van der Waals surface area contributed by atoms with E-state index in [2.05, 4.69) is 4.90 Å². The highest BCUT2D eigenvalue weighted by Gasteiger charge is 2.38. The number of halogens is 3. The molecule has 3 aromatic rings. The van der Waals surface area contributed by atoms with Crippen molar-refractivity contribution < 1.29 is 18.3 Å². The highest BCUT2D eigenvalue weighted by atomic mass is 35.5. The number of aromatic nitrogens is 1. The molecule has 1 aromatic heterocycles. The van der Waals surface area contributed by atoms with E-state index >= 15 is 0 Å². The molecule has 0 aliphatic carbocycles. The molecule has 0 bridgehead atoms. The number of methoxy groups -OCH3 is 1. The average molecular weight is 518 g/mol. The third-order valence-corrected chi connectivity index (χ3v) is 8.53. The highest BCUT2D eigenvalue weighted by Crippen LogP contribution is 2.59. The number of likely N-dealkylation sites (N-methyl/N-ethyl adjacent to an activating group) is 1. The Hall–Kier alpha value is -1.24. The molecule has 0 radical (unpaired) electrons. The fraction of sp³-hybridized carbons (Fsp3) is 0.364. The number of benzene rings is 2. The van der Waals surface area contributed by atoms with Crippen LogP contribution in [0.1, 0.15) is 23.7 Å². The third kappa shape index (κ3) is 4.69. The topological polar surface area (TPSA) is 52.9 Å². The Bertz CT molecular complexity index is 1170. The number of fused-ring (bicyclic) bond motifs is 1. The lowest BCUT2D eigenvalue weighted by Gasteiger charge is -2.31. The first-order valence-electron chi connectivity index (χ1n) is 10.1. The molecule has 10 heteroatoms. The molecule has 4 rings (SSSR count). The summed E-state index contributed by atoms with van der Waals surface area (Å²) in [7, 11) is 1.93. The number of rotatable bonds is 6. The standard InChI is InChI=1S/C22H24Cl3N2O4P/c1-26(2)8-6-14-13-27(20-12-16(29-3)4-5-17(14)20)32(28)30-9-7-21(31-32)15-10-18(23)22(25)19(24)11-15/h4-5,10-13,21H,6-9H2,1-3H3. The van der Waals surface area contributed by atoms with E-state index in [9.17, 15) is 4.57 Å². The van der Waals surface area contributed by atoms with Crippen LogP contribution in [0.5, 0.6) is 5.75 Å². The van der Waals surface area contributed by atoms with Gasteiger partial charge >= 0.3 is 7.75 Å². The quantitative estimate of drug-likeness (QED) is 0.264. The van der Waals surface area contributed by atoms with Crippen molar-refractivity contribution in [2.45, 2.75) is 18.9 Å². The third-order valence-electron chi connectivity index (χ3n) is 5.44. The van der Waals surface area contributed by atoms with Crippen molar-refractivity contribution in [3.05, 3.63) is 62.7 Å². The molecule has 6 nitrogen and oxygen atoms in total. The Balaban J connectivity index is 1.75. The van der Waals surface area contributed by atoms with Crippen LogP contribution >= 0.6 is 42.5 Å². The SMILES string of the molecule is COc1ccc2c(CCN(C)C)cn(P3(=O)OCCC(c4cc(Cl)c(Cl)c(Cl)c4)O3)c2c1. The minimum absolute atomic E-state index is 0.260. The van der Waals surface area contributed by atoms with Crippen molar-refractivity contribution in [1.82, 2.24) is 9.24 Å². The van der Waals surface area contributed by atoms with Crippen LogP contribution in [-0.2, 0) is 20.0 Å². The molecule has 0 spiro atoms. The molecular weight excluding hydrogens is 494 g/mol. The summed E-state index contributed by atoms with van der Waals surface area (Å²) in [6.45, 7) is 1.11. The maximum absolute atomic E-state index is 14.0. The molecule has 1 aliphatic heterocycles. The Kier molecular flexibility index (Phi) is 7.14. The van der Waals surface area contributed by atoms with Crippen molar-refractivity contribution in [2.75, 3.05) is 34.4 Å². The van der Waals surface area contributed by atoms with Crippen molar-refractivity contribution in [2.24, 2.45) is 0 Å². The van der Waals surface area contributed by atoms with Gasteiger partial charge < -0.3 is 9.64 Å². The summed E-state index contributed by atoms with van der Waals surface area (Å²) in [6, 6.07) is 9.10. The fourth-order valence-corrected chi connectivity index (χ4v) is 6.25. The average Bonchev–Trinajstić information content (AvgIpc) is 3.14. The van der Waals surface area contributed by atoms with Gasteiger partial charge in [-0.05, 0) is 55.9 Å². The Morgan fingerprint density at radius 1 is 1.19 bits per heavy atom. The maximum Gasteiger partial charge on any atom is 0.439 e.